The molecule has 0 saturated carbocycles. The molecule has 3 heterocycles. The number of oxime groups is 1. The van der Waals surface area contributed by atoms with Crippen molar-refractivity contribution < 1.29 is 19.1 Å². The van der Waals surface area contributed by atoms with E-state index in [0.29, 0.717) is 0 Å². The van der Waals surface area contributed by atoms with Gasteiger partial charge in [0.25, 0.3) is 0 Å². The number of aromatic nitrogens is 2. The maximum absolute atomic E-state index is 13.6. The number of hydrogen-bond acceptors (Lipinski definition) is 6. The van der Waals surface area contributed by atoms with Crippen LogP contribution in [0.1, 0.15) is 42.6 Å². The van der Waals surface area contributed by atoms with Gasteiger partial charge in [0.1, 0.15) is 11.6 Å². The average molecular weight is 477 g/mol. The molecule has 0 spiro atoms. The number of halogens is 1. The molecular weight excluding hydrogens is 447 g/mol. The maximum atomic E-state index is 13.6. The van der Waals surface area contributed by atoms with Crippen molar-refractivity contribution in [3.8, 4) is 11.4 Å². The van der Waals surface area contributed by atoms with Crippen molar-refractivity contribution in [1.29, 1.82) is 0 Å². The summed E-state index contributed by atoms with van der Waals surface area (Å²) in [5, 5.41) is 14.8. The molecule has 0 radical (unpaired) electrons. The summed E-state index contributed by atoms with van der Waals surface area (Å²) in [6.45, 7) is 4.41. The first kappa shape index (κ1) is 23.1. The predicted molar refractivity (Wildman–Crippen MR) is 132 cm³/mol. The van der Waals surface area contributed by atoms with E-state index in [0.717, 1.165) is 59.1 Å². The first-order chi connectivity index (χ1) is 16.9. The Balaban J connectivity index is 1.50. The van der Waals surface area contributed by atoms with E-state index in [1.54, 1.807) is 32.5 Å². The molecule has 2 aromatic carbocycles. The number of ether oxygens (including phenoxy) is 1. The van der Waals surface area contributed by atoms with Crippen LogP contribution in [0.25, 0.3) is 11.8 Å². The summed E-state index contributed by atoms with van der Waals surface area (Å²) in [6, 6.07) is 12.2. The third-order valence-electron chi connectivity index (χ3n) is 6.53. The van der Waals surface area contributed by atoms with Crippen LogP contribution in [0.5, 0.6) is 5.75 Å². The van der Waals surface area contributed by atoms with Crippen LogP contribution in [0.3, 0.4) is 0 Å². The fourth-order valence-corrected chi connectivity index (χ4v) is 4.84. The fourth-order valence-electron chi connectivity index (χ4n) is 4.84. The highest BCUT2D eigenvalue weighted by molar-refractivity contribution is 6.03. The molecule has 35 heavy (non-hydrogen) atoms. The molecule has 2 aliphatic heterocycles. The van der Waals surface area contributed by atoms with Crippen LogP contribution in [0.2, 0.25) is 0 Å². The van der Waals surface area contributed by atoms with E-state index in [-0.39, 0.29) is 11.9 Å². The summed E-state index contributed by atoms with van der Waals surface area (Å²) in [7, 11) is 1.66. The van der Waals surface area contributed by atoms with Crippen LogP contribution in [0.4, 0.5) is 4.39 Å². The lowest BCUT2D eigenvalue weighted by Crippen LogP contribution is -2.51. The van der Waals surface area contributed by atoms with Crippen LogP contribution in [0, 0.1) is 12.7 Å². The molecule has 8 heteroatoms. The summed E-state index contributed by atoms with van der Waals surface area (Å²) >= 11 is 0. The van der Waals surface area contributed by atoms with Crippen LogP contribution in [-0.4, -0.2) is 51.3 Å². The van der Waals surface area contributed by atoms with Gasteiger partial charge < -0.3 is 24.1 Å². The average Bonchev–Trinajstić information content (AvgIpc) is 3.30. The predicted octanol–water partition coefficient (Wildman–Crippen LogP) is 4.64. The lowest BCUT2D eigenvalue weighted by molar-refractivity contribution is -0.0829. The first-order valence-electron chi connectivity index (χ1n) is 11.8. The number of fused-ring (bicyclic) bond motifs is 1. The standard InChI is InChI=1S/C27H29FN4O3/c1-17-15-31(16-29-17)23-11-6-19(14-24(23)34-3)13-21-5-4-12-32-25(20-7-9-22(28)10-8-20)26(18(2)33)35-30-27(21)32/h6-11,13-16,18,25-26,33H,4-5,12H2,1-3H3/b21-13-. The van der Waals surface area contributed by atoms with Crippen molar-refractivity contribution in [2.75, 3.05) is 13.7 Å². The van der Waals surface area contributed by atoms with E-state index in [9.17, 15) is 9.50 Å². The monoisotopic (exact) mass is 476 g/mol. The highest BCUT2D eigenvalue weighted by atomic mass is 19.1. The normalized spacial score (nSPS) is 21.8. The number of rotatable bonds is 5. The van der Waals surface area contributed by atoms with Crippen LogP contribution in [0.15, 0.2) is 65.7 Å². The smallest absolute Gasteiger partial charge is 0.177 e. The van der Waals surface area contributed by atoms with Gasteiger partial charge in [-0.15, -0.1) is 0 Å². The zero-order valence-corrected chi connectivity index (χ0v) is 20.1. The number of benzene rings is 2. The molecule has 3 atom stereocenters. The Bertz CT molecular complexity index is 1270. The Morgan fingerprint density at radius 1 is 1.23 bits per heavy atom. The van der Waals surface area contributed by atoms with E-state index in [1.807, 2.05) is 35.9 Å². The summed E-state index contributed by atoms with van der Waals surface area (Å²) in [5.74, 6) is 1.19. The van der Waals surface area contributed by atoms with Gasteiger partial charge in [-0.3, -0.25) is 0 Å². The zero-order chi connectivity index (χ0) is 24.5. The number of amidine groups is 1. The Morgan fingerprint density at radius 2 is 2.03 bits per heavy atom. The number of hydrogen-bond donors (Lipinski definition) is 1. The maximum Gasteiger partial charge on any atom is 0.177 e. The SMILES string of the molecule is COc1cc(/C=C2/CCCN3C2=NOC(C(C)O)C3c2ccc(F)cc2)ccc1-n1cnc(C)c1. The van der Waals surface area contributed by atoms with Gasteiger partial charge >= 0.3 is 0 Å². The van der Waals surface area contributed by atoms with Crippen molar-refractivity contribution in [3.63, 3.8) is 0 Å². The van der Waals surface area contributed by atoms with Crippen molar-refractivity contribution in [3.05, 3.63) is 83.2 Å². The minimum absolute atomic E-state index is 0.270. The van der Waals surface area contributed by atoms with Gasteiger partial charge in [-0.05, 0) is 73.7 Å². The lowest BCUT2D eigenvalue weighted by Gasteiger charge is -2.44. The highest BCUT2D eigenvalue weighted by Crippen LogP contribution is 2.38. The minimum atomic E-state index is -0.742. The van der Waals surface area contributed by atoms with Gasteiger partial charge in [-0.1, -0.05) is 23.4 Å². The molecule has 7 nitrogen and oxygen atoms in total. The Morgan fingerprint density at radius 3 is 2.71 bits per heavy atom. The zero-order valence-electron chi connectivity index (χ0n) is 20.1. The lowest BCUT2D eigenvalue weighted by atomic mass is 9.91. The summed E-state index contributed by atoms with van der Waals surface area (Å²) in [6.07, 6.45) is 6.31. The van der Waals surface area contributed by atoms with Crippen molar-refractivity contribution in [1.82, 2.24) is 14.5 Å². The number of piperidine rings is 1. The number of aliphatic hydroxyl groups excluding tert-OH is 1. The molecule has 0 bridgehead atoms. The van der Waals surface area contributed by atoms with E-state index in [4.69, 9.17) is 9.57 Å². The molecule has 1 aromatic heterocycles. The molecular formula is C27H29FN4O3. The van der Waals surface area contributed by atoms with Crippen molar-refractivity contribution >= 4 is 11.9 Å². The molecule has 5 rings (SSSR count). The number of aliphatic hydroxyl groups is 1. The molecule has 1 N–H and O–H groups in total. The van der Waals surface area contributed by atoms with Gasteiger partial charge in [0.05, 0.1) is 37.0 Å². The largest absolute Gasteiger partial charge is 0.495 e. The van der Waals surface area contributed by atoms with Crippen LogP contribution >= 0.6 is 0 Å². The number of imidazole rings is 1. The van der Waals surface area contributed by atoms with E-state index >= 15 is 0 Å². The van der Waals surface area contributed by atoms with Gasteiger partial charge in [-0.25, -0.2) is 9.37 Å². The second-order valence-corrected chi connectivity index (χ2v) is 9.04. The van der Waals surface area contributed by atoms with Gasteiger partial charge in [0.2, 0.25) is 0 Å². The van der Waals surface area contributed by atoms with Gasteiger partial charge in [0, 0.05) is 12.7 Å². The molecule has 1 fully saturated rings. The summed E-state index contributed by atoms with van der Waals surface area (Å²) < 4.78 is 21.2. The Hall–Kier alpha value is -3.65. The molecule has 2 aliphatic rings. The topological polar surface area (TPSA) is 72.1 Å². The first-order valence-corrected chi connectivity index (χ1v) is 11.8. The van der Waals surface area contributed by atoms with E-state index < -0.39 is 12.2 Å². The fraction of sp³-hybridized carbons (Fsp3) is 0.333. The number of methoxy groups -OCH3 is 1. The van der Waals surface area contributed by atoms with Crippen molar-refractivity contribution in [2.24, 2.45) is 5.16 Å². The van der Waals surface area contributed by atoms with E-state index in [2.05, 4.69) is 21.1 Å². The molecule has 3 unspecified atom stereocenters. The quantitative estimate of drug-likeness (QED) is 0.581. The second kappa shape index (κ2) is 9.54. The molecule has 3 aromatic rings. The minimum Gasteiger partial charge on any atom is -0.495 e. The Kier molecular flexibility index (Phi) is 6.30. The van der Waals surface area contributed by atoms with E-state index in [1.165, 1.54) is 12.1 Å². The van der Waals surface area contributed by atoms with Crippen LogP contribution in [-0.2, 0) is 4.84 Å². The number of nitrogens with zero attached hydrogens (tertiary/aromatic N) is 4. The third kappa shape index (κ3) is 4.53. The molecule has 0 aliphatic carbocycles. The summed E-state index contributed by atoms with van der Waals surface area (Å²) in [4.78, 5) is 12.3. The number of aryl methyl sites for hydroxylation is 1. The second-order valence-electron chi connectivity index (χ2n) is 9.04. The van der Waals surface area contributed by atoms with Gasteiger partial charge in [-0.2, -0.15) is 0 Å². The molecule has 0 amide bonds. The summed E-state index contributed by atoms with van der Waals surface area (Å²) in [5.41, 5.74) is 4.75. The van der Waals surface area contributed by atoms with Crippen LogP contribution < -0.4 is 4.74 Å². The highest BCUT2D eigenvalue weighted by Gasteiger charge is 2.41. The van der Waals surface area contributed by atoms with Gasteiger partial charge in [0.15, 0.2) is 11.9 Å². The van der Waals surface area contributed by atoms with Crippen molar-refractivity contribution in [2.45, 2.75) is 44.9 Å². The molecule has 1 saturated heterocycles. The Labute approximate surface area is 204 Å². The third-order valence-corrected chi connectivity index (χ3v) is 6.53. The molecule has 182 valence electrons.